The number of rotatable bonds is 6. The first-order chi connectivity index (χ1) is 13.6. The van der Waals surface area contributed by atoms with E-state index in [4.69, 9.17) is 13.9 Å². The zero-order chi connectivity index (χ0) is 19.6. The van der Waals surface area contributed by atoms with E-state index >= 15 is 0 Å². The van der Waals surface area contributed by atoms with E-state index in [2.05, 4.69) is 10.3 Å². The van der Waals surface area contributed by atoms with Crippen molar-refractivity contribution in [3.63, 3.8) is 0 Å². The van der Waals surface area contributed by atoms with Crippen LogP contribution in [0.15, 0.2) is 70.4 Å². The summed E-state index contributed by atoms with van der Waals surface area (Å²) in [5, 5.41) is 1.55. The first kappa shape index (κ1) is 18.1. The predicted octanol–water partition coefficient (Wildman–Crippen LogP) is 2.35. The summed E-state index contributed by atoms with van der Waals surface area (Å²) in [6, 6.07) is 10.7. The van der Waals surface area contributed by atoms with Crippen LogP contribution in [0.3, 0.4) is 0 Å². The van der Waals surface area contributed by atoms with Gasteiger partial charge in [-0.15, -0.1) is 0 Å². The van der Waals surface area contributed by atoms with Gasteiger partial charge in [0, 0.05) is 30.6 Å². The molecule has 9 heteroatoms. The van der Waals surface area contributed by atoms with Crippen LogP contribution in [0.5, 0.6) is 11.5 Å². The molecule has 0 aliphatic carbocycles. The Morgan fingerprint density at radius 1 is 1.11 bits per heavy atom. The molecule has 1 aliphatic heterocycles. The number of benzene rings is 1. The second-order valence-electron chi connectivity index (χ2n) is 6.01. The maximum atomic E-state index is 13.3. The van der Waals surface area contributed by atoms with E-state index in [-0.39, 0.29) is 24.0 Å². The fraction of sp³-hybridized carbons (Fsp3) is 0.158. The topological polar surface area (TPSA) is 108 Å². The van der Waals surface area contributed by atoms with Crippen LogP contribution < -0.4 is 14.8 Å². The largest absolute Gasteiger partial charge is 0.468 e. The SMILES string of the molecule is O=C(NC[C@H](c1ccco1)S(=O)(=O)c1ccc2c(c1)OCO2)c1ccncc1. The molecule has 0 unspecified atom stereocenters. The highest BCUT2D eigenvalue weighted by Crippen LogP contribution is 2.37. The van der Waals surface area contributed by atoms with Crippen LogP contribution in [-0.4, -0.2) is 32.6 Å². The van der Waals surface area contributed by atoms with Crippen molar-refractivity contribution in [3.8, 4) is 11.5 Å². The molecule has 0 radical (unpaired) electrons. The third-order valence-corrected chi connectivity index (χ3v) is 6.36. The number of fused-ring (bicyclic) bond motifs is 1. The molecule has 0 spiro atoms. The van der Waals surface area contributed by atoms with E-state index in [1.807, 2.05) is 0 Å². The Labute approximate surface area is 161 Å². The number of ether oxygens (including phenoxy) is 2. The maximum Gasteiger partial charge on any atom is 0.251 e. The van der Waals surface area contributed by atoms with Crippen LogP contribution in [-0.2, 0) is 9.84 Å². The average molecular weight is 400 g/mol. The van der Waals surface area contributed by atoms with E-state index in [9.17, 15) is 13.2 Å². The molecule has 2 aromatic heterocycles. The van der Waals surface area contributed by atoms with Crippen LogP contribution >= 0.6 is 0 Å². The van der Waals surface area contributed by atoms with Crippen molar-refractivity contribution < 1.29 is 27.1 Å². The molecule has 3 aromatic rings. The van der Waals surface area contributed by atoms with Crippen molar-refractivity contribution in [2.75, 3.05) is 13.3 Å². The van der Waals surface area contributed by atoms with Crippen molar-refractivity contribution in [3.05, 3.63) is 72.4 Å². The van der Waals surface area contributed by atoms with Gasteiger partial charge in [-0.25, -0.2) is 8.42 Å². The van der Waals surface area contributed by atoms with Gasteiger partial charge in [-0.1, -0.05) is 0 Å². The lowest BCUT2D eigenvalue weighted by Gasteiger charge is -2.17. The van der Waals surface area contributed by atoms with Gasteiger partial charge in [-0.3, -0.25) is 9.78 Å². The molecular formula is C19H16N2O6S. The summed E-state index contributed by atoms with van der Waals surface area (Å²) in [5.74, 6) is 0.673. The molecule has 1 aliphatic rings. The second kappa shape index (κ2) is 7.35. The van der Waals surface area contributed by atoms with Gasteiger partial charge >= 0.3 is 0 Å². The van der Waals surface area contributed by atoms with Crippen LogP contribution in [0.2, 0.25) is 0 Å². The standard InChI is InChI=1S/C19H16N2O6S/c22-19(13-5-7-20-8-6-13)21-11-18(16-2-1-9-25-16)28(23,24)14-3-4-15-17(10-14)27-12-26-15/h1-10,18H,11-12H2,(H,21,22)/t18-/m1/s1. The van der Waals surface area contributed by atoms with Crippen molar-refractivity contribution in [1.29, 1.82) is 0 Å². The number of amides is 1. The minimum atomic E-state index is -3.88. The van der Waals surface area contributed by atoms with Crippen molar-refractivity contribution in [2.45, 2.75) is 10.1 Å². The van der Waals surface area contributed by atoms with Crippen molar-refractivity contribution >= 4 is 15.7 Å². The van der Waals surface area contributed by atoms with E-state index in [0.29, 0.717) is 17.1 Å². The first-order valence-corrected chi connectivity index (χ1v) is 9.95. The summed E-state index contributed by atoms with van der Waals surface area (Å²) in [5.41, 5.74) is 0.383. The quantitative estimate of drug-likeness (QED) is 0.677. The van der Waals surface area contributed by atoms with Crippen LogP contribution in [0.1, 0.15) is 21.4 Å². The number of carbonyl (C=O) groups excluding carboxylic acids is 1. The minimum absolute atomic E-state index is 0.0441. The molecule has 1 atom stereocenters. The summed E-state index contributed by atoms with van der Waals surface area (Å²) < 4.78 is 42.4. The van der Waals surface area contributed by atoms with Gasteiger partial charge in [0.1, 0.15) is 11.0 Å². The molecule has 1 aromatic carbocycles. The smallest absolute Gasteiger partial charge is 0.251 e. The second-order valence-corrected chi connectivity index (χ2v) is 8.14. The molecule has 4 rings (SSSR count). The number of hydrogen-bond acceptors (Lipinski definition) is 7. The molecular weight excluding hydrogens is 384 g/mol. The summed E-state index contributed by atoms with van der Waals surface area (Å²) in [6.07, 6.45) is 4.37. The predicted molar refractivity (Wildman–Crippen MR) is 97.8 cm³/mol. The number of nitrogens with zero attached hydrogens (tertiary/aromatic N) is 1. The minimum Gasteiger partial charge on any atom is -0.468 e. The molecule has 0 saturated carbocycles. The molecule has 8 nitrogen and oxygen atoms in total. The third kappa shape index (κ3) is 3.44. The Morgan fingerprint density at radius 2 is 1.89 bits per heavy atom. The number of hydrogen-bond donors (Lipinski definition) is 1. The average Bonchev–Trinajstić information content (AvgIpc) is 3.40. The monoisotopic (exact) mass is 400 g/mol. The Bertz CT molecular complexity index is 1080. The van der Waals surface area contributed by atoms with E-state index in [0.717, 1.165) is 0 Å². The highest BCUT2D eigenvalue weighted by molar-refractivity contribution is 7.91. The number of carbonyl (C=O) groups is 1. The number of nitrogens with one attached hydrogen (secondary N) is 1. The van der Waals surface area contributed by atoms with Gasteiger partial charge in [0.2, 0.25) is 6.79 Å². The molecule has 1 N–H and O–H groups in total. The Kier molecular flexibility index (Phi) is 4.74. The van der Waals surface area contributed by atoms with Crippen molar-refractivity contribution in [2.24, 2.45) is 0 Å². The Hall–Kier alpha value is -3.33. The fourth-order valence-electron chi connectivity index (χ4n) is 2.85. The Morgan fingerprint density at radius 3 is 2.64 bits per heavy atom. The van der Waals surface area contributed by atoms with E-state index in [1.165, 1.54) is 30.8 Å². The Balaban J connectivity index is 1.62. The van der Waals surface area contributed by atoms with Crippen molar-refractivity contribution in [1.82, 2.24) is 10.3 Å². The first-order valence-electron chi connectivity index (χ1n) is 8.41. The highest BCUT2D eigenvalue weighted by atomic mass is 32.2. The number of sulfone groups is 1. The highest BCUT2D eigenvalue weighted by Gasteiger charge is 2.33. The molecule has 0 saturated heterocycles. The van der Waals surface area contributed by atoms with Gasteiger partial charge < -0.3 is 19.2 Å². The molecule has 1 amide bonds. The summed E-state index contributed by atoms with van der Waals surface area (Å²) in [6.45, 7) is -0.117. The number of pyridine rings is 1. The summed E-state index contributed by atoms with van der Waals surface area (Å²) in [7, 11) is -3.88. The maximum absolute atomic E-state index is 13.3. The lowest BCUT2D eigenvalue weighted by molar-refractivity contribution is 0.0953. The summed E-state index contributed by atoms with van der Waals surface area (Å²) in [4.78, 5) is 16.2. The van der Waals surface area contributed by atoms with Gasteiger partial charge in [-0.2, -0.15) is 0 Å². The zero-order valence-electron chi connectivity index (χ0n) is 14.6. The third-order valence-electron chi connectivity index (χ3n) is 4.30. The fourth-order valence-corrected chi connectivity index (χ4v) is 4.45. The lowest BCUT2D eigenvalue weighted by atomic mass is 10.2. The molecule has 0 bridgehead atoms. The normalized spacial score (nSPS) is 13.9. The number of furan rings is 1. The molecule has 144 valence electrons. The molecule has 28 heavy (non-hydrogen) atoms. The van der Waals surface area contributed by atoms with Gasteiger partial charge in [-0.05, 0) is 36.4 Å². The zero-order valence-corrected chi connectivity index (χ0v) is 15.4. The van der Waals surface area contributed by atoms with Crippen LogP contribution in [0, 0.1) is 0 Å². The van der Waals surface area contributed by atoms with Gasteiger partial charge in [0.15, 0.2) is 21.3 Å². The number of aromatic nitrogens is 1. The summed E-state index contributed by atoms with van der Waals surface area (Å²) >= 11 is 0. The van der Waals surface area contributed by atoms with E-state index < -0.39 is 21.0 Å². The van der Waals surface area contributed by atoms with Crippen LogP contribution in [0.25, 0.3) is 0 Å². The molecule has 3 heterocycles. The van der Waals surface area contributed by atoms with Gasteiger partial charge in [0.25, 0.3) is 5.91 Å². The molecule has 0 fully saturated rings. The van der Waals surface area contributed by atoms with Crippen LogP contribution in [0.4, 0.5) is 0 Å². The van der Waals surface area contributed by atoms with E-state index in [1.54, 1.807) is 30.3 Å². The van der Waals surface area contributed by atoms with Gasteiger partial charge in [0.05, 0.1) is 11.2 Å². The lowest BCUT2D eigenvalue weighted by Crippen LogP contribution is -2.31.